The first-order valence-electron chi connectivity index (χ1n) is 11.6. The highest BCUT2D eigenvalue weighted by Crippen LogP contribution is 2.53. The minimum Gasteiger partial charge on any atom is -0.507 e. The summed E-state index contributed by atoms with van der Waals surface area (Å²) >= 11 is 0. The summed E-state index contributed by atoms with van der Waals surface area (Å²) in [6.45, 7) is 1.84. The van der Waals surface area contributed by atoms with Gasteiger partial charge < -0.3 is 14.9 Å². The summed E-state index contributed by atoms with van der Waals surface area (Å²) in [5, 5.41) is 25.8. The van der Waals surface area contributed by atoms with Gasteiger partial charge in [-0.1, -0.05) is 55.8 Å². The number of fused-ring (bicyclic) bond motifs is 2. The minimum absolute atomic E-state index is 0.137. The van der Waals surface area contributed by atoms with Crippen molar-refractivity contribution < 1.29 is 29.3 Å². The van der Waals surface area contributed by atoms with Crippen LogP contribution in [0.2, 0.25) is 0 Å². The molecular weight excluding hydrogens is 448 g/mol. The predicted octanol–water partition coefficient (Wildman–Crippen LogP) is 3.63. The van der Waals surface area contributed by atoms with E-state index in [0.29, 0.717) is 23.4 Å². The van der Waals surface area contributed by atoms with Crippen LogP contribution in [0.1, 0.15) is 31.4 Å². The molecule has 4 atom stereocenters. The molecule has 0 aromatic heterocycles. The number of rotatable bonds is 6. The third kappa shape index (κ3) is 3.28. The second-order valence-electron chi connectivity index (χ2n) is 9.09. The van der Waals surface area contributed by atoms with Gasteiger partial charge in [0.25, 0.3) is 0 Å². The van der Waals surface area contributed by atoms with E-state index in [1.54, 1.807) is 24.3 Å². The Kier molecular flexibility index (Phi) is 5.48. The number of nitrogens with one attached hydrogen (secondary N) is 1. The average Bonchev–Trinajstić information content (AvgIpc) is 3.33. The molecule has 2 amide bonds. The number of aliphatic carboxylic acids is 1. The molecule has 2 fully saturated rings. The van der Waals surface area contributed by atoms with Crippen molar-refractivity contribution in [1.29, 1.82) is 0 Å². The van der Waals surface area contributed by atoms with Crippen molar-refractivity contribution in [1.82, 2.24) is 5.32 Å². The maximum absolute atomic E-state index is 13.9. The van der Waals surface area contributed by atoms with Crippen LogP contribution in [0.15, 0.2) is 60.7 Å². The Balaban J connectivity index is 1.69. The van der Waals surface area contributed by atoms with E-state index in [-0.39, 0.29) is 12.2 Å². The lowest BCUT2D eigenvalue weighted by Gasteiger charge is -2.31. The van der Waals surface area contributed by atoms with E-state index < -0.39 is 41.2 Å². The fourth-order valence-corrected chi connectivity index (χ4v) is 5.75. The third-order valence-electron chi connectivity index (χ3n) is 7.26. The number of phenols is 1. The molecule has 2 aliphatic heterocycles. The molecular formula is C27H26N2O6. The van der Waals surface area contributed by atoms with Crippen LogP contribution in [0.5, 0.6) is 11.5 Å². The van der Waals surface area contributed by atoms with Gasteiger partial charge in [0, 0.05) is 23.1 Å². The van der Waals surface area contributed by atoms with Gasteiger partial charge in [-0.05, 0) is 23.9 Å². The van der Waals surface area contributed by atoms with Gasteiger partial charge in [0.2, 0.25) is 11.8 Å². The number of nitrogens with zero attached hydrogens (tertiary/aromatic N) is 1. The molecule has 2 heterocycles. The van der Waals surface area contributed by atoms with Crippen LogP contribution in [-0.2, 0) is 14.4 Å². The molecule has 0 radical (unpaired) electrons. The number of carboxylic acid groups (broad SMARTS) is 1. The smallest absolute Gasteiger partial charge is 0.324 e. The van der Waals surface area contributed by atoms with Crippen LogP contribution >= 0.6 is 0 Å². The van der Waals surface area contributed by atoms with Crippen LogP contribution in [0.4, 0.5) is 5.69 Å². The Hall–Kier alpha value is -3.91. The summed E-state index contributed by atoms with van der Waals surface area (Å²) in [5.41, 5.74) is -0.871. The summed E-state index contributed by atoms with van der Waals surface area (Å²) in [7, 11) is 1.47. The van der Waals surface area contributed by atoms with Crippen molar-refractivity contribution in [2.75, 3.05) is 12.0 Å². The molecule has 35 heavy (non-hydrogen) atoms. The van der Waals surface area contributed by atoms with Crippen molar-refractivity contribution in [2.24, 2.45) is 11.8 Å². The molecule has 0 unspecified atom stereocenters. The van der Waals surface area contributed by atoms with E-state index >= 15 is 0 Å². The number of benzene rings is 3. The Morgan fingerprint density at radius 3 is 2.51 bits per heavy atom. The van der Waals surface area contributed by atoms with E-state index in [0.717, 1.165) is 15.7 Å². The molecule has 0 saturated carbocycles. The van der Waals surface area contributed by atoms with Crippen LogP contribution in [-0.4, -0.2) is 40.6 Å². The number of methoxy groups -OCH3 is 1. The number of carboxylic acids is 1. The molecule has 2 aliphatic rings. The van der Waals surface area contributed by atoms with Gasteiger partial charge in [-0.15, -0.1) is 0 Å². The van der Waals surface area contributed by atoms with Gasteiger partial charge in [-0.3, -0.25) is 19.7 Å². The highest BCUT2D eigenvalue weighted by atomic mass is 16.5. The first-order valence-corrected chi connectivity index (χ1v) is 11.6. The Morgan fingerprint density at radius 2 is 1.83 bits per heavy atom. The third-order valence-corrected chi connectivity index (χ3v) is 7.26. The topological polar surface area (TPSA) is 116 Å². The molecule has 8 nitrogen and oxygen atoms in total. The van der Waals surface area contributed by atoms with E-state index in [2.05, 4.69) is 5.32 Å². The Bertz CT molecular complexity index is 1350. The maximum atomic E-state index is 13.9. The van der Waals surface area contributed by atoms with Gasteiger partial charge in [-0.25, -0.2) is 4.90 Å². The van der Waals surface area contributed by atoms with Crippen molar-refractivity contribution in [2.45, 2.75) is 31.3 Å². The molecule has 3 aromatic carbocycles. The number of ether oxygens (including phenoxy) is 1. The standard InChI is InChI=1S/C27H26N2O6/c1-3-13-27(26(33)34)22-21(23(28-27)18-12-11-16(35-2)14-20(18)30)24(31)29(25(22)32)19-10-6-8-15-7-4-5-9-17(15)19/h4-12,14,21-23,28,30H,3,13H2,1-2H3,(H,33,34)/t21-,22-,23-,27+/m0/s1. The van der Waals surface area contributed by atoms with Crippen LogP contribution in [0.25, 0.3) is 10.8 Å². The van der Waals surface area contributed by atoms with Crippen LogP contribution in [0.3, 0.4) is 0 Å². The number of anilines is 1. The van der Waals surface area contributed by atoms with Gasteiger partial charge in [0.05, 0.1) is 24.6 Å². The van der Waals surface area contributed by atoms with Gasteiger partial charge >= 0.3 is 5.97 Å². The fraction of sp³-hybridized carbons (Fsp3) is 0.296. The fourth-order valence-electron chi connectivity index (χ4n) is 5.75. The van der Waals surface area contributed by atoms with E-state index in [1.807, 2.05) is 37.3 Å². The number of hydrogen-bond acceptors (Lipinski definition) is 6. The zero-order chi connectivity index (χ0) is 24.9. The number of aromatic hydroxyl groups is 1. The lowest BCUT2D eigenvalue weighted by molar-refractivity contribution is -0.149. The highest BCUT2D eigenvalue weighted by Gasteiger charge is 2.68. The zero-order valence-corrected chi connectivity index (χ0v) is 19.4. The maximum Gasteiger partial charge on any atom is 0.324 e. The number of hydrogen-bond donors (Lipinski definition) is 3. The Morgan fingerprint density at radius 1 is 1.09 bits per heavy atom. The van der Waals surface area contributed by atoms with Gasteiger partial charge in [0.1, 0.15) is 17.0 Å². The summed E-state index contributed by atoms with van der Waals surface area (Å²) < 4.78 is 5.17. The molecule has 8 heteroatoms. The van der Waals surface area contributed by atoms with Gasteiger partial charge in [0.15, 0.2) is 0 Å². The van der Waals surface area contributed by atoms with E-state index in [4.69, 9.17) is 4.74 Å². The summed E-state index contributed by atoms with van der Waals surface area (Å²) in [4.78, 5) is 41.7. The lowest BCUT2D eigenvalue weighted by atomic mass is 9.77. The predicted molar refractivity (Wildman–Crippen MR) is 129 cm³/mol. The average molecular weight is 475 g/mol. The van der Waals surface area contributed by atoms with Crippen LogP contribution in [0, 0.1) is 11.8 Å². The summed E-state index contributed by atoms with van der Waals surface area (Å²) in [6, 6.07) is 16.6. The van der Waals surface area contributed by atoms with E-state index in [9.17, 15) is 24.6 Å². The molecule has 0 bridgehead atoms. The molecule has 0 aliphatic carbocycles. The first-order chi connectivity index (χ1) is 16.8. The quantitative estimate of drug-likeness (QED) is 0.467. The van der Waals surface area contributed by atoms with Crippen molar-refractivity contribution >= 4 is 34.2 Å². The molecule has 180 valence electrons. The number of imide groups is 1. The van der Waals surface area contributed by atoms with Crippen molar-refractivity contribution in [3.05, 3.63) is 66.2 Å². The molecule has 0 spiro atoms. The Labute approximate surface area is 202 Å². The molecule has 5 rings (SSSR count). The monoisotopic (exact) mass is 474 g/mol. The van der Waals surface area contributed by atoms with Crippen molar-refractivity contribution in [3.63, 3.8) is 0 Å². The second-order valence-corrected chi connectivity index (χ2v) is 9.09. The largest absolute Gasteiger partial charge is 0.507 e. The van der Waals surface area contributed by atoms with Crippen LogP contribution < -0.4 is 15.0 Å². The number of carbonyl (C=O) groups excluding carboxylic acids is 2. The minimum atomic E-state index is -1.65. The number of carbonyl (C=O) groups is 3. The summed E-state index contributed by atoms with van der Waals surface area (Å²) in [5.74, 6) is -4.06. The normalized spacial score (nSPS) is 25.8. The molecule has 2 saturated heterocycles. The van der Waals surface area contributed by atoms with Crippen molar-refractivity contribution in [3.8, 4) is 11.5 Å². The number of phenolic OH excluding ortho intramolecular Hbond substituents is 1. The zero-order valence-electron chi connectivity index (χ0n) is 19.4. The van der Waals surface area contributed by atoms with E-state index in [1.165, 1.54) is 13.2 Å². The first kappa shape index (κ1) is 22.9. The number of amides is 2. The molecule has 3 N–H and O–H groups in total. The highest BCUT2D eigenvalue weighted by molar-refractivity contribution is 6.26. The summed E-state index contributed by atoms with van der Waals surface area (Å²) in [6.07, 6.45) is 0.638. The lowest BCUT2D eigenvalue weighted by Crippen LogP contribution is -2.55. The second kappa shape index (κ2) is 8.39. The van der Waals surface area contributed by atoms with Gasteiger partial charge in [-0.2, -0.15) is 0 Å². The molecule has 3 aromatic rings. The SMILES string of the molecule is CCC[C@@]1(C(=O)O)N[C@@H](c2ccc(OC)cc2O)[C@H]2C(=O)N(c3cccc4ccccc34)C(=O)[C@H]21.